The van der Waals surface area contributed by atoms with Gasteiger partial charge in [-0.15, -0.1) is 0 Å². The van der Waals surface area contributed by atoms with Crippen molar-refractivity contribution in [2.75, 3.05) is 0 Å². The molecule has 1 aliphatic carbocycles. The molecule has 0 bridgehead atoms. The topological polar surface area (TPSA) is 15.8 Å². The summed E-state index contributed by atoms with van der Waals surface area (Å²) in [6.45, 7) is 0. The Morgan fingerprint density at radius 3 is 2.14 bits per heavy atom. The SMILES string of the molecule is c1ccc2c(c1)Cc1ccccc1-c1c-2[nH]c2ccccc12. The molecule has 0 saturated heterocycles. The maximum Gasteiger partial charge on any atom is 0.0547 e. The largest absolute Gasteiger partial charge is 0.354 e. The third-order valence-electron chi connectivity index (χ3n) is 4.66. The highest BCUT2D eigenvalue weighted by molar-refractivity contribution is 6.05. The summed E-state index contributed by atoms with van der Waals surface area (Å²) >= 11 is 0. The van der Waals surface area contributed by atoms with Crippen LogP contribution in [-0.2, 0) is 6.42 Å². The summed E-state index contributed by atoms with van der Waals surface area (Å²) in [4.78, 5) is 3.65. The third-order valence-corrected chi connectivity index (χ3v) is 4.66. The molecule has 1 heterocycles. The number of nitrogens with one attached hydrogen (secondary N) is 1. The maximum absolute atomic E-state index is 3.65. The summed E-state index contributed by atoms with van der Waals surface area (Å²) in [6.07, 6.45) is 0.989. The minimum Gasteiger partial charge on any atom is -0.354 e. The fourth-order valence-corrected chi connectivity index (χ4v) is 3.67. The van der Waals surface area contributed by atoms with Crippen LogP contribution < -0.4 is 0 Å². The van der Waals surface area contributed by atoms with E-state index in [1.54, 1.807) is 0 Å². The van der Waals surface area contributed by atoms with Gasteiger partial charge in [0, 0.05) is 22.0 Å². The van der Waals surface area contributed by atoms with Gasteiger partial charge >= 0.3 is 0 Å². The first-order valence-corrected chi connectivity index (χ1v) is 7.69. The van der Waals surface area contributed by atoms with Crippen molar-refractivity contribution in [3.63, 3.8) is 0 Å². The van der Waals surface area contributed by atoms with Crippen molar-refractivity contribution in [2.24, 2.45) is 0 Å². The van der Waals surface area contributed by atoms with E-state index in [1.165, 1.54) is 44.4 Å². The van der Waals surface area contributed by atoms with Crippen LogP contribution in [0.2, 0.25) is 0 Å². The van der Waals surface area contributed by atoms with Crippen molar-refractivity contribution >= 4 is 10.9 Å². The summed E-state index contributed by atoms with van der Waals surface area (Å²) in [7, 11) is 0. The van der Waals surface area contributed by atoms with E-state index in [2.05, 4.69) is 77.8 Å². The van der Waals surface area contributed by atoms with E-state index in [0.717, 1.165) is 6.42 Å². The minimum absolute atomic E-state index is 0.989. The van der Waals surface area contributed by atoms with Crippen LogP contribution in [0, 0.1) is 0 Å². The number of hydrogen-bond acceptors (Lipinski definition) is 0. The zero-order valence-corrected chi connectivity index (χ0v) is 12.1. The van der Waals surface area contributed by atoms with Gasteiger partial charge in [-0.2, -0.15) is 0 Å². The summed E-state index contributed by atoms with van der Waals surface area (Å²) in [5, 5.41) is 1.31. The molecule has 0 unspecified atom stereocenters. The van der Waals surface area contributed by atoms with E-state index >= 15 is 0 Å². The molecule has 5 rings (SSSR count). The van der Waals surface area contributed by atoms with Crippen molar-refractivity contribution < 1.29 is 0 Å². The lowest BCUT2D eigenvalue weighted by Gasteiger charge is -2.06. The van der Waals surface area contributed by atoms with Gasteiger partial charge in [0.05, 0.1) is 5.69 Å². The van der Waals surface area contributed by atoms with Crippen LogP contribution in [0.3, 0.4) is 0 Å². The Labute approximate surface area is 129 Å². The Kier molecular flexibility index (Phi) is 2.33. The van der Waals surface area contributed by atoms with Gasteiger partial charge in [-0.3, -0.25) is 0 Å². The van der Waals surface area contributed by atoms with E-state index in [0.29, 0.717) is 0 Å². The summed E-state index contributed by atoms with van der Waals surface area (Å²) in [6, 6.07) is 26.1. The van der Waals surface area contributed by atoms with Crippen LogP contribution in [0.1, 0.15) is 11.1 Å². The molecule has 0 saturated carbocycles. The van der Waals surface area contributed by atoms with Crippen LogP contribution in [0.25, 0.3) is 33.3 Å². The highest BCUT2D eigenvalue weighted by Gasteiger charge is 2.22. The minimum atomic E-state index is 0.989. The first-order chi connectivity index (χ1) is 10.9. The van der Waals surface area contributed by atoms with E-state index in [4.69, 9.17) is 0 Å². The molecule has 0 spiro atoms. The Balaban J connectivity index is 2.00. The molecule has 1 aromatic heterocycles. The third kappa shape index (κ3) is 1.54. The average Bonchev–Trinajstić information content (AvgIpc) is 2.89. The van der Waals surface area contributed by atoms with Crippen molar-refractivity contribution in [1.82, 2.24) is 4.98 Å². The average molecular weight is 281 g/mol. The Hall–Kier alpha value is -2.80. The van der Waals surface area contributed by atoms with Gasteiger partial charge < -0.3 is 4.98 Å². The van der Waals surface area contributed by atoms with Gasteiger partial charge in [0.1, 0.15) is 0 Å². The summed E-state index contributed by atoms with van der Waals surface area (Å²) in [5.41, 5.74) is 9.27. The van der Waals surface area contributed by atoms with Gasteiger partial charge in [-0.25, -0.2) is 0 Å². The highest BCUT2D eigenvalue weighted by atomic mass is 14.7. The molecule has 0 atom stereocenters. The lowest BCUT2D eigenvalue weighted by atomic mass is 9.97. The molecular weight excluding hydrogens is 266 g/mol. The second-order valence-electron chi connectivity index (χ2n) is 5.91. The first-order valence-electron chi connectivity index (χ1n) is 7.69. The number of H-pyrrole nitrogens is 1. The van der Waals surface area contributed by atoms with Crippen LogP contribution in [0.15, 0.2) is 72.8 Å². The van der Waals surface area contributed by atoms with Gasteiger partial charge in [-0.1, -0.05) is 66.7 Å². The van der Waals surface area contributed by atoms with E-state index in [9.17, 15) is 0 Å². The first kappa shape index (κ1) is 11.8. The molecule has 1 aliphatic rings. The predicted molar refractivity (Wildman–Crippen MR) is 92.0 cm³/mol. The van der Waals surface area contributed by atoms with E-state index in [-0.39, 0.29) is 0 Å². The molecule has 0 fully saturated rings. The number of benzene rings is 3. The predicted octanol–water partition coefficient (Wildman–Crippen LogP) is 5.41. The molecule has 0 amide bonds. The van der Waals surface area contributed by atoms with Crippen molar-refractivity contribution in [3.05, 3.63) is 83.9 Å². The van der Waals surface area contributed by atoms with Crippen LogP contribution >= 0.6 is 0 Å². The van der Waals surface area contributed by atoms with Crippen molar-refractivity contribution in [2.45, 2.75) is 6.42 Å². The van der Waals surface area contributed by atoms with Gasteiger partial charge in [-0.05, 0) is 29.2 Å². The molecular formula is C21H15N. The number of hydrogen-bond donors (Lipinski definition) is 1. The van der Waals surface area contributed by atoms with Gasteiger partial charge in [0.25, 0.3) is 0 Å². The monoisotopic (exact) mass is 281 g/mol. The second-order valence-corrected chi connectivity index (χ2v) is 5.91. The van der Waals surface area contributed by atoms with E-state index in [1.807, 2.05) is 0 Å². The van der Waals surface area contributed by atoms with Crippen LogP contribution in [-0.4, -0.2) is 4.98 Å². The molecule has 0 aliphatic heterocycles. The van der Waals surface area contributed by atoms with Gasteiger partial charge in [0.2, 0.25) is 0 Å². The Bertz CT molecular complexity index is 1010. The molecule has 1 heteroatoms. The molecule has 104 valence electrons. The van der Waals surface area contributed by atoms with E-state index < -0.39 is 0 Å². The number of aromatic amines is 1. The number of fused-ring (bicyclic) bond motifs is 7. The fourth-order valence-electron chi connectivity index (χ4n) is 3.67. The Morgan fingerprint density at radius 2 is 1.27 bits per heavy atom. The van der Waals surface area contributed by atoms with Crippen LogP contribution in [0.4, 0.5) is 0 Å². The number of aromatic nitrogens is 1. The molecule has 3 aromatic carbocycles. The zero-order chi connectivity index (χ0) is 14.5. The molecule has 1 N–H and O–H groups in total. The molecule has 4 aromatic rings. The smallest absolute Gasteiger partial charge is 0.0547 e. The number of para-hydroxylation sites is 1. The van der Waals surface area contributed by atoms with Crippen molar-refractivity contribution in [3.8, 4) is 22.4 Å². The van der Waals surface area contributed by atoms with Crippen molar-refractivity contribution in [1.29, 1.82) is 0 Å². The fraction of sp³-hybridized carbons (Fsp3) is 0.0476. The lowest BCUT2D eigenvalue weighted by Crippen LogP contribution is -1.90. The quantitative estimate of drug-likeness (QED) is 0.391. The summed E-state index contributed by atoms with van der Waals surface area (Å²) < 4.78 is 0. The maximum atomic E-state index is 3.65. The normalized spacial score (nSPS) is 12.4. The molecule has 1 nitrogen and oxygen atoms in total. The van der Waals surface area contributed by atoms with Crippen LogP contribution in [0.5, 0.6) is 0 Å². The standard InChI is InChI=1S/C21H15N/c1-3-9-16-14(7-1)13-15-8-2-4-10-17(15)21-20(16)18-11-5-6-12-19(18)22-21/h1-12,22H,13H2. The second kappa shape index (κ2) is 4.35. The molecule has 22 heavy (non-hydrogen) atoms. The lowest BCUT2D eigenvalue weighted by molar-refractivity contribution is 1.21. The number of rotatable bonds is 0. The zero-order valence-electron chi connectivity index (χ0n) is 12.1. The molecule has 0 radical (unpaired) electrons. The van der Waals surface area contributed by atoms with Gasteiger partial charge in [0.15, 0.2) is 0 Å². The Morgan fingerprint density at radius 1 is 0.636 bits per heavy atom. The highest BCUT2D eigenvalue weighted by Crippen LogP contribution is 2.43. The summed E-state index contributed by atoms with van der Waals surface area (Å²) in [5.74, 6) is 0.